The molecule has 1 aromatic heterocycles. The molecule has 1 aromatic rings. The second kappa shape index (κ2) is 5.33. The molecule has 3 heteroatoms. The van der Waals surface area contributed by atoms with Gasteiger partial charge in [-0.3, -0.25) is 0 Å². The van der Waals surface area contributed by atoms with Crippen LogP contribution >= 0.6 is 43.2 Å². The minimum Gasteiger partial charge on any atom is -0.149 e. The van der Waals surface area contributed by atoms with Gasteiger partial charge < -0.3 is 0 Å². The normalized spacial score (nSPS) is 10.8. The van der Waals surface area contributed by atoms with Crippen LogP contribution in [0.4, 0.5) is 0 Å². The van der Waals surface area contributed by atoms with Gasteiger partial charge >= 0.3 is 0 Å². The Balaban J connectivity index is 2.41. The average Bonchev–Trinajstić information content (AvgIpc) is 2.52. The standard InChI is InChI=1S/C8H10Br2S/c9-5-7(6-10)4-8-2-1-3-11-8/h1-3,7H,4-6H2. The van der Waals surface area contributed by atoms with E-state index in [0.717, 1.165) is 16.6 Å². The van der Waals surface area contributed by atoms with E-state index in [1.54, 1.807) is 0 Å². The Morgan fingerprint density at radius 2 is 2.09 bits per heavy atom. The molecule has 0 spiro atoms. The van der Waals surface area contributed by atoms with E-state index in [0.29, 0.717) is 0 Å². The first kappa shape index (κ1) is 9.75. The molecule has 0 aliphatic heterocycles. The molecule has 0 bridgehead atoms. The number of hydrogen-bond donors (Lipinski definition) is 0. The highest BCUT2D eigenvalue weighted by Crippen LogP contribution is 2.17. The Morgan fingerprint density at radius 3 is 2.55 bits per heavy atom. The fourth-order valence-electron chi connectivity index (χ4n) is 0.864. The Bertz CT molecular complexity index is 180. The maximum atomic E-state index is 3.50. The van der Waals surface area contributed by atoms with Gasteiger partial charge in [0.2, 0.25) is 0 Å². The molecule has 0 aliphatic carbocycles. The van der Waals surface area contributed by atoms with Crippen molar-refractivity contribution in [1.82, 2.24) is 0 Å². The second-order valence-electron chi connectivity index (χ2n) is 2.46. The van der Waals surface area contributed by atoms with Crippen molar-refractivity contribution in [2.75, 3.05) is 10.7 Å². The van der Waals surface area contributed by atoms with Gasteiger partial charge in [0.25, 0.3) is 0 Å². The summed E-state index contributed by atoms with van der Waals surface area (Å²) in [6.07, 6.45) is 1.19. The Morgan fingerprint density at radius 1 is 1.36 bits per heavy atom. The van der Waals surface area contributed by atoms with Crippen LogP contribution in [0.3, 0.4) is 0 Å². The van der Waals surface area contributed by atoms with Crippen molar-refractivity contribution >= 4 is 43.2 Å². The second-order valence-corrected chi connectivity index (χ2v) is 4.79. The summed E-state index contributed by atoms with van der Waals surface area (Å²) in [7, 11) is 0. The minimum atomic E-state index is 0.730. The summed E-state index contributed by atoms with van der Waals surface area (Å²) in [5.41, 5.74) is 0. The van der Waals surface area contributed by atoms with E-state index in [-0.39, 0.29) is 0 Å². The lowest BCUT2D eigenvalue weighted by Gasteiger charge is -2.07. The van der Waals surface area contributed by atoms with E-state index >= 15 is 0 Å². The molecule has 0 aromatic carbocycles. The number of rotatable bonds is 4. The van der Waals surface area contributed by atoms with Crippen LogP contribution < -0.4 is 0 Å². The lowest BCUT2D eigenvalue weighted by atomic mass is 10.1. The van der Waals surface area contributed by atoms with Crippen molar-refractivity contribution in [3.8, 4) is 0 Å². The topological polar surface area (TPSA) is 0 Å². The first-order valence-electron chi connectivity index (χ1n) is 3.51. The summed E-state index contributed by atoms with van der Waals surface area (Å²) < 4.78 is 0. The van der Waals surface area contributed by atoms with Crippen LogP contribution in [0.25, 0.3) is 0 Å². The molecule has 62 valence electrons. The summed E-state index contributed by atoms with van der Waals surface area (Å²) in [5.74, 6) is 0.730. The number of alkyl halides is 2. The molecular weight excluding hydrogens is 288 g/mol. The van der Waals surface area contributed by atoms with Crippen molar-refractivity contribution < 1.29 is 0 Å². The van der Waals surface area contributed by atoms with Gasteiger partial charge in [0.15, 0.2) is 0 Å². The number of thiophene rings is 1. The van der Waals surface area contributed by atoms with Gasteiger partial charge in [-0.05, 0) is 23.8 Å². The zero-order valence-electron chi connectivity index (χ0n) is 6.09. The van der Waals surface area contributed by atoms with E-state index in [4.69, 9.17) is 0 Å². The summed E-state index contributed by atoms with van der Waals surface area (Å²) >= 11 is 8.83. The van der Waals surface area contributed by atoms with Crippen molar-refractivity contribution in [1.29, 1.82) is 0 Å². The zero-order chi connectivity index (χ0) is 8.10. The maximum Gasteiger partial charge on any atom is 0.00711 e. The Kier molecular flexibility index (Phi) is 4.72. The van der Waals surface area contributed by atoms with Gasteiger partial charge in [0, 0.05) is 15.5 Å². The van der Waals surface area contributed by atoms with Crippen LogP contribution in [0.2, 0.25) is 0 Å². The fourth-order valence-corrected chi connectivity index (χ4v) is 3.21. The quantitative estimate of drug-likeness (QED) is 0.744. The van der Waals surface area contributed by atoms with Gasteiger partial charge in [-0.1, -0.05) is 37.9 Å². The molecule has 0 fully saturated rings. The molecule has 0 atom stereocenters. The summed E-state index contributed by atoms with van der Waals surface area (Å²) in [6, 6.07) is 4.31. The minimum absolute atomic E-state index is 0.730. The zero-order valence-corrected chi connectivity index (χ0v) is 10.1. The molecule has 0 N–H and O–H groups in total. The predicted octanol–water partition coefficient (Wildman–Crippen LogP) is 3.70. The van der Waals surface area contributed by atoms with Gasteiger partial charge in [0.1, 0.15) is 0 Å². The highest BCUT2D eigenvalue weighted by Gasteiger charge is 2.06. The molecule has 0 saturated carbocycles. The Hall–Kier alpha value is 0.660. The van der Waals surface area contributed by atoms with E-state index in [1.165, 1.54) is 11.3 Å². The monoisotopic (exact) mass is 296 g/mol. The van der Waals surface area contributed by atoms with Gasteiger partial charge in [-0.15, -0.1) is 11.3 Å². The smallest absolute Gasteiger partial charge is 0.00711 e. The van der Waals surface area contributed by atoms with Crippen molar-refractivity contribution in [3.63, 3.8) is 0 Å². The highest BCUT2D eigenvalue weighted by atomic mass is 79.9. The van der Waals surface area contributed by atoms with Crippen LogP contribution in [0, 0.1) is 5.92 Å². The molecule has 0 unspecified atom stereocenters. The maximum absolute atomic E-state index is 3.50. The van der Waals surface area contributed by atoms with Crippen LogP contribution in [0.1, 0.15) is 4.88 Å². The predicted molar refractivity (Wildman–Crippen MR) is 59.1 cm³/mol. The van der Waals surface area contributed by atoms with Crippen LogP contribution in [0.5, 0.6) is 0 Å². The van der Waals surface area contributed by atoms with Gasteiger partial charge in [-0.2, -0.15) is 0 Å². The molecule has 0 saturated heterocycles. The van der Waals surface area contributed by atoms with Gasteiger partial charge in [0.05, 0.1) is 0 Å². The Labute approximate surface area is 88.3 Å². The van der Waals surface area contributed by atoms with Crippen molar-refractivity contribution in [3.05, 3.63) is 22.4 Å². The molecule has 11 heavy (non-hydrogen) atoms. The summed E-state index contributed by atoms with van der Waals surface area (Å²) in [4.78, 5) is 1.48. The third kappa shape index (κ3) is 3.26. The fraction of sp³-hybridized carbons (Fsp3) is 0.500. The average molecular weight is 298 g/mol. The molecule has 1 rings (SSSR count). The number of hydrogen-bond acceptors (Lipinski definition) is 1. The molecular formula is C8H10Br2S. The molecule has 0 amide bonds. The summed E-state index contributed by atoms with van der Waals surface area (Å²) in [5, 5.41) is 4.29. The van der Waals surface area contributed by atoms with E-state index < -0.39 is 0 Å². The van der Waals surface area contributed by atoms with E-state index in [9.17, 15) is 0 Å². The SMILES string of the molecule is BrCC(CBr)Cc1cccs1. The first-order valence-corrected chi connectivity index (χ1v) is 6.63. The van der Waals surface area contributed by atoms with E-state index in [1.807, 2.05) is 11.3 Å². The number of halogens is 2. The van der Waals surface area contributed by atoms with Crippen LogP contribution in [-0.2, 0) is 6.42 Å². The first-order chi connectivity index (χ1) is 5.36. The lowest BCUT2D eigenvalue weighted by molar-refractivity contribution is 0.687. The molecule has 0 aliphatic rings. The molecule has 0 nitrogen and oxygen atoms in total. The van der Waals surface area contributed by atoms with E-state index in [2.05, 4.69) is 49.4 Å². The van der Waals surface area contributed by atoms with Crippen molar-refractivity contribution in [2.24, 2.45) is 5.92 Å². The highest BCUT2D eigenvalue weighted by molar-refractivity contribution is 9.09. The van der Waals surface area contributed by atoms with Crippen molar-refractivity contribution in [2.45, 2.75) is 6.42 Å². The molecule has 1 heterocycles. The van der Waals surface area contributed by atoms with Crippen LogP contribution in [0.15, 0.2) is 17.5 Å². The molecule has 0 radical (unpaired) electrons. The largest absolute Gasteiger partial charge is 0.149 e. The van der Waals surface area contributed by atoms with Crippen LogP contribution in [-0.4, -0.2) is 10.7 Å². The summed E-state index contributed by atoms with van der Waals surface area (Å²) in [6.45, 7) is 0. The third-order valence-electron chi connectivity index (χ3n) is 1.51. The lowest BCUT2D eigenvalue weighted by Crippen LogP contribution is -2.05. The van der Waals surface area contributed by atoms with Gasteiger partial charge in [-0.25, -0.2) is 0 Å². The third-order valence-corrected chi connectivity index (χ3v) is 4.24.